The van der Waals surface area contributed by atoms with Gasteiger partial charge in [0.05, 0.1) is 10.7 Å². The Morgan fingerprint density at radius 2 is 1.65 bits per heavy atom. The van der Waals surface area contributed by atoms with Gasteiger partial charge >= 0.3 is 6.09 Å². The van der Waals surface area contributed by atoms with Crippen LogP contribution >= 0.6 is 11.6 Å². The van der Waals surface area contributed by atoms with E-state index in [1.165, 1.54) is 11.0 Å². The first kappa shape index (κ1) is 32.9. The Hall–Kier alpha value is -3.26. The molecule has 40 heavy (non-hydrogen) atoms. The average molecular weight is 574 g/mol. The predicted octanol–water partition coefficient (Wildman–Crippen LogP) is 6.91. The molecule has 9 heteroatoms. The highest BCUT2D eigenvalue weighted by Gasteiger charge is 2.43. The summed E-state index contributed by atoms with van der Waals surface area (Å²) in [5, 5.41) is 16.3. The molecule has 3 N–H and O–H groups in total. The Labute approximate surface area is 243 Å². The standard InChI is InChI=1S/C31H44ClN3O5/c1-11-18(2)25(34-29(39)40-31(8,9)10)28(38)35(30(5,6)7)26(21-15-16-23(36)20(4)17-21)27(37)33-24-19(3)13-12-14-22(24)32/h12-18,25-26,36H,11H2,1-10H3,(H,33,37)(H,34,39). The molecule has 2 rings (SSSR count). The zero-order chi connectivity index (χ0) is 30.6. The van der Waals surface area contributed by atoms with Crippen molar-refractivity contribution in [2.45, 2.75) is 98.9 Å². The monoisotopic (exact) mass is 573 g/mol. The first-order chi connectivity index (χ1) is 18.4. The number of benzene rings is 2. The Morgan fingerprint density at radius 3 is 2.15 bits per heavy atom. The van der Waals surface area contributed by atoms with Crippen molar-refractivity contribution in [2.75, 3.05) is 5.32 Å². The molecule has 0 aliphatic carbocycles. The fraction of sp³-hybridized carbons (Fsp3) is 0.516. The van der Waals surface area contributed by atoms with Gasteiger partial charge in [-0.2, -0.15) is 0 Å². The summed E-state index contributed by atoms with van der Waals surface area (Å²) < 4.78 is 5.46. The molecule has 0 spiro atoms. The molecule has 0 fully saturated rings. The third kappa shape index (κ3) is 8.37. The number of aryl methyl sites for hydroxylation is 2. The molecule has 0 aliphatic rings. The molecule has 0 aromatic heterocycles. The SMILES string of the molecule is CCC(C)C(NC(=O)OC(C)(C)C)C(=O)N(C(C(=O)Nc1c(C)cccc1Cl)c1ccc(O)c(C)c1)C(C)(C)C. The number of amides is 3. The molecular weight excluding hydrogens is 530 g/mol. The molecule has 0 heterocycles. The summed E-state index contributed by atoms with van der Waals surface area (Å²) in [6, 6.07) is 8.03. The summed E-state index contributed by atoms with van der Waals surface area (Å²) in [6.45, 7) is 18.1. The van der Waals surface area contributed by atoms with Gasteiger partial charge in [-0.25, -0.2) is 4.79 Å². The van der Waals surface area contributed by atoms with Crippen molar-refractivity contribution in [3.8, 4) is 5.75 Å². The summed E-state index contributed by atoms with van der Waals surface area (Å²) in [4.78, 5) is 42.9. The van der Waals surface area contributed by atoms with Gasteiger partial charge in [0.15, 0.2) is 0 Å². The molecule has 0 aliphatic heterocycles. The molecule has 0 bridgehead atoms. The fourth-order valence-electron chi connectivity index (χ4n) is 4.36. The van der Waals surface area contributed by atoms with Gasteiger partial charge in [-0.15, -0.1) is 0 Å². The number of hydrogen-bond acceptors (Lipinski definition) is 5. The van der Waals surface area contributed by atoms with Crippen molar-refractivity contribution in [1.29, 1.82) is 0 Å². The van der Waals surface area contributed by atoms with Gasteiger partial charge in [-0.05, 0) is 96.2 Å². The minimum absolute atomic E-state index is 0.0718. The Kier molecular flexibility index (Phi) is 10.7. The number of alkyl carbamates (subject to hydrolysis) is 1. The number of aromatic hydroxyl groups is 1. The number of nitrogens with one attached hydrogen (secondary N) is 2. The van der Waals surface area contributed by atoms with Crippen LogP contribution in [0.25, 0.3) is 0 Å². The maximum Gasteiger partial charge on any atom is 0.408 e. The number of para-hydroxylation sites is 1. The zero-order valence-electron chi connectivity index (χ0n) is 25.3. The topological polar surface area (TPSA) is 108 Å². The number of rotatable bonds is 8. The Bertz CT molecular complexity index is 1210. The third-order valence-electron chi connectivity index (χ3n) is 6.62. The number of anilines is 1. The number of phenolic OH excluding ortho intramolecular Hbond substituents is 1. The highest BCUT2D eigenvalue weighted by atomic mass is 35.5. The summed E-state index contributed by atoms with van der Waals surface area (Å²) in [5.41, 5.74) is 0.648. The maximum absolute atomic E-state index is 14.4. The number of halogens is 1. The van der Waals surface area contributed by atoms with Gasteiger partial charge in [-0.3, -0.25) is 9.59 Å². The van der Waals surface area contributed by atoms with Gasteiger partial charge in [-0.1, -0.05) is 50.1 Å². The first-order valence-electron chi connectivity index (χ1n) is 13.6. The Morgan fingerprint density at radius 1 is 1.02 bits per heavy atom. The quantitative estimate of drug-likeness (QED) is 0.318. The van der Waals surface area contributed by atoms with Crippen molar-refractivity contribution in [1.82, 2.24) is 10.2 Å². The minimum Gasteiger partial charge on any atom is -0.508 e. The van der Waals surface area contributed by atoms with E-state index in [2.05, 4.69) is 10.6 Å². The molecule has 3 unspecified atom stereocenters. The van der Waals surface area contributed by atoms with E-state index in [4.69, 9.17) is 16.3 Å². The lowest BCUT2D eigenvalue weighted by Gasteiger charge is -2.44. The molecule has 0 saturated carbocycles. The van der Waals surface area contributed by atoms with E-state index in [0.29, 0.717) is 28.3 Å². The Balaban J connectivity index is 2.69. The van der Waals surface area contributed by atoms with Gasteiger partial charge in [0.25, 0.3) is 5.91 Å². The molecule has 0 saturated heterocycles. The van der Waals surface area contributed by atoms with Crippen LogP contribution in [0.15, 0.2) is 36.4 Å². The lowest BCUT2D eigenvalue weighted by molar-refractivity contribution is -0.147. The van der Waals surface area contributed by atoms with Crippen molar-refractivity contribution in [3.05, 3.63) is 58.1 Å². The second-order valence-electron chi connectivity index (χ2n) is 12.3. The van der Waals surface area contributed by atoms with E-state index in [1.54, 1.807) is 52.0 Å². The number of ether oxygens (including phenoxy) is 1. The van der Waals surface area contributed by atoms with Crippen LogP contribution in [0.4, 0.5) is 10.5 Å². The van der Waals surface area contributed by atoms with Crippen molar-refractivity contribution in [3.63, 3.8) is 0 Å². The molecule has 8 nitrogen and oxygen atoms in total. The molecule has 220 valence electrons. The third-order valence-corrected chi connectivity index (χ3v) is 6.94. The van der Waals surface area contributed by atoms with Crippen LogP contribution in [-0.4, -0.2) is 45.1 Å². The number of phenols is 1. The highest BCUT2D eigenvalue weighted by Crippen LogP contribution is 2.35. The number of nitrogens with zero attached hydrogens (tertiary/aromatic N) is 1. The van der Waals surface area contributed by atoms with Crippen LogP contribution in [0.3, 0.4) is 0 Å². The van der Waals surface area contributed by atoms with Crippen LogP contribution in [0, 0.1) is 19.8 Å². The van der Waals surface area contributed by atoms with Crippen LogP contribution in [-0.2, 0) is 14.3 Å². The van der Waals surface area contributed by atoms with Gasteiger partial charge in [0.1, 0.15) is 23.4 Å². The van der Waals surface area contributed by atoms with Crippen molar-refractivity contribution < 1.29 is 24.2 Å². The van der Waals surface area contributed by atoms with E-state index in [-0.39, 0.29) is 11.7 Å². The van der Waals surface area contributed by atoms with Crippen LogP contribution in [0.2, 0.25) is 5.02 Å². The van der Waals surface area contributed by atoms with Gasteiger partial charge < -0.3 is 25.4 Å². The minimum atomic E-state index is -1.12. The van der Waals surface area contributed by atoms with E-state index < -0.39 is 41.1 Å². The number of carbonyl (C=O) groups excluding carboxylic acids is 3. The fourth-order valence-corrected chi connectivity index (χ4v) is 4.63. The van der Waals surface area contributed by atoms with Crippen LogP contribution in [0.1, 0.15) is 84.5 Å². The summed E-state index contributed by atoms with van der Waals surface area (Å²) in [6.07, 6.45) is -0.119. The molecule has 2 aromatic rings. The normalized spacial score (nSPS) is 14.1. The summed E-state index contributed by atoms with van der Waals surface area (Å²) in [7, 11) is 0. The van der Waals surface area contributed by atoms with E-state index in [1.807, 2.05) is 47.6 Å². The smallest absolute Gasteiger partial charge is 0.408 e. The summed E-state index contributed by atoms with van der Waals surface area (Å²) in [5.74, 6) is -1.11. The van der Waals surface area contributed by atoms with Crippen LogP contribution < -0.4 is 10.6 Å². The molecular formula is C31H44ClN3O5. The van der Waals surface area contributed by atoms with E-state index >= 15 is 0 Å². The summed E-state index contributed by atoms with van der Waals surface area (Å²) >= 11 is 6.43. The van der Waals surface area contributed by atoms with E-state index in [0.717, 1.165) is 5.56 Å². The van der Waals surface area contributed by atoms with Crippen molar-refractivity contribution in [2.24, 2.45) is 5.92 Å². The average Bonchev–Trinajstić information content (AvgIpc) is 2.82. The zero-order valence-corrected chi connectivity index (χ0v) is 26.1. The lowest BCUT2D eigenvalue weighted by Crippen LogP contribution is -2.59. The molecule has 2 aromatic carbocycles. The number of hydrogen-bond donors (Lipinski definition) is 3. The van der Waals surface area contributed by atoms with Gasteiger partial charge in [0.2, 0.25) is 5.91 Å². The van der Waals surface area contributed by atoms with Gasteiger partial charge in [0, 0.05) is 5.54 Å². The maximum atomic E-state index is 14.4. The predicted molar refractivity (Wildman–Crippen MR) is 160 cm³/mol. The second-order valence-corrected chi connectivity index (χ2v) is 12.7. The van der Waals surface area contributed by atoms with E-state index in [9.17, 15) is 19.5 Å². The number of carbonyl (C=O) groups is 3. The molecule has 3 atom stereocenters. The highest BCUT2D eigenvalue weighted by molar-refractivity contribution is 6.34. The molecule has 3 amide bonds. The second kappa shape index (κ2) is 12.9. The molecule has 0 radical (unpaired) electrons. The largest absolute Gasteiger partial charge is 0.508 e. The lowest BCUT2D eigenvalue weighted by atomic mass is 9.91. The van der Waals surface area contributed by atoms with Crippen molar-refractivity contribution >= 4 is 35.2 Å². The van der Waals surface area contributed by atoms with Crippen LogP contribution in [0.5, 0.6) is 5.75 Å². The first-order valence-corrected chi connectivity index (χ1v) is 13.9.